The van der Waals surface area contributed by atoms with Crippen molar-refractivity contribution in [3.05, 3.63) is 54.6 Å². The van der Waals surface area contributed by atoms with Gasteiger partial charge >= 0.3 is 10.4 Å². The second-order valence-corrected chi connectivity index (χ2v) is 6.20. The predicted molar refractivity (Wildman–Crippen MR) is 86.0 cm³/mol. The molecule has 0 fully saturated rings. The van der Waals surface area contributed by atoms with E-state index in [-0.39, 0.29) is 0 Å². The SMILES string of the molecule is O=S(=O)(OP)ONOc1cccc2cc3ccccc3cc12. The maximum Gasteiger partial charge on any atom is 0.421 e. The van der Waals surface area contributed by atoms with E-state index in [1.807, 2.05) is 48.1 Å². The molecule has 3 aromatic carbocycles. The maximum atomic E-state index is 11.0. The lowest BCUT2D eigenvalue weighted by Crippen LogP contribution is -2.23. The fraction of sp³-hybridized carbons (Fsp3) is 0. The largest absolute Gasteiger partial charge is 0.421 e. The summed E-state index contributed by atoms with van der Waals surface area (Å²) in [6.07, 6.45) is 0. The molecule has 6 nitrogen and oxygen atoms in total. The zero-order chi connectivity index (χ0) is 15.6. The standard InChI is InChI=1S/C14H12NO5PS/c16-22(17,20-21)19-15-18-14-7-3-6-12-8-10-4-1-2-5-11(10)9-13(12)14/h1-9,15H,21H2. The summed E-state index contributed by atoms with van der Waals surface area (Å²) in [5.74, 6) is 0.433. The molecule has 0 amide bonds. The third-order valence-corrected chi connectivity index (χ3v) is 4.33. The van der Waals surface area contributed by atoms with Crippen LogP contribution in [-0.2, 0) is 18.7 Å². The van der Waals surface area contributed by atoms with Crippen molar-refractivity contribution in [1.82, 2.24) is 5.64 Å². The third kappa shape index (κ3) is 3.19. The fourth-order valence-corrected chi connectivity index (χ4v) is 2.42. The molecule has 22 heavy (non-hydrogen) atoms. The highest BCUT2D eigenvalue weighted by atomic mass is 32.3. The van der Waals surface area contributed by atoms with Crippen molar-refractivity contribution in [1.29, 1.82) is 0 Å². The Morgan fingerprint density at radius 1 is 0.909 bits per heavy atom. The Morgan fingerprint density at radius 2 is 1.59 bits per heavy atom. The summed E-state index contributed by atoms with van der Waals surface area (Å²) in [6.45, 7) is 0. The van der Waals surface area contributed by atoms with Crippen LogP contribution in [0.3, 0.4) is 0 Å². The van der Waals surface area contributed by atoms with Crippen molar-refractivity contribution in [2.45, 2.75) is 0 Å². The van der Waals surface area contributed by atoms with E-state index in [4.69, 9.17) is 4.84 Å². The molecule has 114 valence electrons. The maximum absolute atomic E-state index is 11.0. The van der Waals surface area contributed by atoms with Gasteiger partial charge in [-0.2, -0.15) is 8.42 Å². The van der Waals surface area contributed by atoms with Crippen LogP contribution in [0, 0.1) is 0 Å². The lowest BCUT2D eigenvalue weighted by molar-refractivity contribution is -0.0188. The van der Waals surface area contributed by atoms with Gasteiger partial charge in [0.2, 0.25) is 0 Å². The van der Waals surface area contributed by atoms with Gasteiger partial charge in [-0.05, 0) is 40.0 Å². The Balaban J connectivity index is 1.94. The molecule has 1 unspecified atom stereocenters. The molecule has 0 aliphatic heterocycles. The molecule has 8 heteroatoms. The topological polar surface area (TPSA) is 73.9 Å². The Bertz CT molecular complexity index is 929. The van der Waals surface area contributed by atoms with Crippen molar-refractivity contribution in [3.63, 3.8) is 0 Å². The van der Waals surface area contributed by atoms with Crippen molar-refractivity contribution in [3.8, 4) is 5.75 Å². The number of hydrogen-bond acceptors (Lipinski definition) is 6. The van der Waals surface area contributed by atoms with E-state index in [9.17, 15) is 8.42 Å². The van der Waals surface area contributed by atoms with Crippen LogP contribution >= 0.6 is 9.47 Å². The lowest BCUT2D eigenvalue weighted by atomic mass is 10.0. The number of nitrogens with one attached hydrogen (secondary N) is 1. The molecule has 1 N–H and O–H groups in total. The second kappa shape index (κ2) is 6.16. The van der Waals surface area contributed by atoms with Crippen LogP contribution in [0.25, 0.3) is 21.5 Å². The van der Waals surface area contributed by atoms with Crippen molar-refractivity contribution >= 4 is 41.4 Å². The van der Waals surface area contributed by atoms with Crippen LogP contribution in [0.5, 0.6) is 5.75 Å². The molecule has 0 aliphatic rings. The Labute approximate surface area is 129 Å². The van der Waals surface area contributed by atoms with Gasteiger partial charge in [0.25, 0.3) is 0 Å². The smallest absolute Gasteiger partial charge is 0.382 e. The van der Waals surface area contributed by atoms with Crippen LogP contribution < -0.4 is 10.5 Å². The number of fused-ring (bicyclic) bond motifs is 2. The van der Waals surface area contributed by atoms with Crippen molar-refractivity contribution in [2.24, 2.45) is 0 Å². The molecule has 0 bridgehead atoms. The molecule has 0 aromatic heterocycles. The zero-order valence-electron chi connectivity index (χ0n) is 11.2. The molecule has 0 saturated heterocycles. The van der Waals surface area contributed by atoms with Gasteiger partial charge in [0.05, 0.1) is 0 Å². The molecule has 0 radical (unpaired) electrons. The van der Waals surface area contributed by atoms with Gasteiger partial charge in [-0.25, -0.2) is 3.97 Å². The van der Waals surface area contributed by atoms with Gasteiger partial charge in [0, 0.05) is 14.9 Å². The third-order valence-electron chi connectivity index (χ3n) is 3.11. The van der Waals surface area contributed by atoms with Crippen LogP contribution in [0.4, 0.5) is 0 Å². The minimum Gasteiger partial charge on any atom is -0.382 e. The average molecular weight is 337 g/mol. The summed E-state index contributed by atoms with van der Waals surface area (Å²) in [7, 11) is -2.57. The number of hydrogen-bond donors (Lipinski definition) is 1. The van der Waals surface area contributed by atoms with E-state index in [1.54, 1.807) is 21.6 Å². The number of benzene rings is 3. The van der Waals surface area contributed by atoms with Crippen LogP contribution in [0.15, 0.2) is 54.6 Å². The van der Waals surface area contributed by atoms with Gasteiger partial charge in [0.15, 0.2) is 5.75 Å². The fourth-order valence-electron chi connectivity index (χ4n) is 2.15. The van der Waals surface area contributed by atoms with Gasteiger partial charge in [-0.15, -0.1) is 4.28 Å². The molecule has 0 saturated carbocycles. The van der Waals surface area contributed by atoms with E-state index >= 15 is 0 Å². The summed E-state index contributed by atoms with van der Waals surface area (Å²) in [6, 6.07) is 17.4. The van der Waals surface area contributed by atoms with E-state index in [0.717, 1.165) is 21.5 Å². The first kappa shape index (κ1) is 15.1. The second-order valence-electron chi connectivity index (χ2n) is 4.45. The highest BCUT2D eigenvalue weighted by Crippen LogP contribution is 2.29. The summed E-state index contributed by atoms with van der Waals surface area (Å²) in [5, 5.41) is 3.94. The van der Waals surface area contributed by atoms with Crippen LogP contribution in [0.2, 0.25) is 0 Å². The average Bonchev–Trinajstić information content (AvgIpc) is 2.53. The highest BCUT2D eigenvalue weighted by Gasteiger charge is 2.10. The van der Waals surface area contributed by atoms with Crippen molar-refractivity contribution < 1.29 is 21.5 Å². The normalized spacial score (nSPS) is 11.9. The summed E-state index contributed by atoms with van der Waals surface area (Å²) in [5.41, 5.74) is 1.91. The van der Waals surface area contributed by atoms with Crippen LogP contribution in [-0.4, -0.2) is 8.42 Å². The molecule has 0 heterocycles. The van der Waals surface area contributed by atoms with Crippen LogP contribution in [0.1, 0.15) is 0 Å². The van der Waals surface area contributed by atoms with E-state index in [2.05, 4.69) is 8.25 Å². The minimum atomic E-state index is -4.15. The molecule has 0 aliphatic carbocycles. The molecule has 0 spiro atoms. The summed E-state index contributed by atoms with van der Waals surface area (Å²) in [4.78, 5) is 5.17. The van der Waals surface area contributed by atoms with E-state index in [1.165, 1.54) is 0 Å². The van der Waals surface area contributed by atoms with Gasteiger partial charge in [0.1, 0.15) is 0 Å². The lowest BCUT2D eigenvalue weighted by Gasteiger charge is -2.09. The summed E-state index contributed by atoms with van der Waals surface area (Å²) >= 11 is 0. The molecular weight excluding hydrogens is 325 g/mol. The molecular formula is C14H12NO5PS. The van der Waals surface area contributed by atoms with Gasteiger partial charge in [-0.1, -0.05) is 36.4 Å². The first-order chi connectivity index (χ1) is 10.6. The van der Waals surface area contributed by atoms with Crippen molar-refractivity contribution in [2.75, 3.05) is 0 Å². The Morgan fingerprint density at radius 3 is 2.32 bits per heavy atom. The highest BCUT2D eigenvalue weighted by molar-refractivity contribution is 7.84. The Kier molecular flexibility index (Phi) is 4.24. The zero-order valence-corrected chi connectivity index (χ0v) is 13.2. The number of rotatable bonds is 5. The first-order valence-corrected chi connectivity index (χ1v) is 8.05. The molecule has 1 atom stereocenters. The van der Waals surface area contributed by atoms with Gasteiger partial charge in [-0.3, -0.25) is 0 Å². The van der Waals surface area contributed by atoms with Gasteiger partial charge < -0.3 is 4.84 Å². The Hall–Kier alpha value is -1.76. The first-order valence-electron chi connectivity index (χ1n) is 6.24. The monoisotopic (exact) mass is 337 g/mol. The summed E-state index contributed by atoms with van der Waals surface area (Å²) < 4.78 is 30.4. The van der Waals surface area contributed by atoms with E-state index < -0.39 is 10.4 Å². The molecule has 3 aromatic rings. The molecule has 3 rings (SSSR count). The predicted octanol–water partition coefficient (Wildman–Crippen LogP) is 2.86. The van der Waals surface area contributed by atoms with E-state index in [0.29, 0.717) is 5.75 Å². The quantitative estimate of drug-likeness (QED) is 0.438. The minimum absolute atomic E-state index is 0.433.